The Balaban J connectivity index is 5.53. The minimum atomic E-state index is -5.02. The second kappa shape index (κ2) is 76.8. The number of aliphatic hydroxyl groups is 1. The van der Waals surface area contributed by atoms with Crippen molar-refractivity contribution in [2.45, 2.75) is 277 Å². The number of carbonyl (C=O) groups is 4. The molecule has 0 heterocycles. The third-order valence-corrected chi connectivity index (χ3v) is 17.2. The molecule has 0 aromatic heterocycles. The van der Waals surface area contributed by atoms with Crippen LogP contribution in [0.1, 0.15) is 259 Å². The fourth-order valence-electron chi connectivity index (χ4n) is 9.47. The number of esters is 4. The summed E-state index contributed by atoms with van der Waals surface area (Å²) in [5.74, 6) is -2.48. The van der Waals surface area contributed by atoms with Crippen LogP contribution in [0.15, 0.2) is 207 Å². The zero-order valence-corrected chi connectivity index (χ0v) is 66.8. The molecule has 106 heavy (non-hydrogen) atoms. The van der Waals surface area contributed by atoms with Crippen LogP contribution in [0.5, 0.6) is 0 Å². The summed E-state index contributed by atoms with van der Waals surface area (Å²) in [5, 5.41) is 10.6. The fraction of sp³-hybridized carbons (Fsp3) is 0.563. The summed E-state index contributed by atoms with van der Waals surface area (Å²) in [5.41, 5.74) is 0. The lowest BCUT2D eigenvalue weighted by atomic mass is 10.1. The summed E-state index contributed by atoms with van der Waals surface area (Å²) < 4.78 is 68.3. The molecule has 0 aromatic rings. The van der Waals surface area contributed by atoms with Crippen molar-refractivity contribution in [3.63, 3.8) is 0 Å². The highest BCUT2D eigenvalue weighted by molar-refractivity contribution is 7.47. The number of aliphatic hydroxyl groups excluding tert-OH is 1. The van der Waals surface area contributed by atoms with Gasteiger partial charge >= 0.3 is 39.5 Å². The fourth-order valence-corrected chi connectivity index (χ4v) is 11.0. The summed E-state index contributed by atoms with van der Waals surface area (Å²) >= 11 is 0. The first-order chi connectivity index (χ1) is 51.7. The molecule has 0 aromatic carbocycles. The van der Waals surface area contributed by atoms with Crippen LogP contribution in [0.4, 0.5) is 0 Å². The number of hydrogen-bond acceptors (Lipinski definition) is 15. The average Bonchev–Trinajstić information content (AvgIpc) is 0.909. The van der Waals surface area contributed by atoms with E-state index in [1.165, 1.54) is 0 Å². The van der Waals surface area contributed by atoms with Gasteiger partial charge in [-0.05, 0) is 154 Å². The predicted octanol–water partition coefficient (Wildman–Crippen LogP) is 23.1. The van der Waals surface area contributed by atoms with E-state index in [1.807, 2.05) is 30.4 Å². The molecule has 0 bridgehead atoms. The van der Waals surface area contributed by atoms with Gasteiger partial charge in [-0.3, -0.25) is 37.3 Å². The lowest BCUT2D eigenvalue weighted by molar-refractivity contribution is -0.161. The highest BCUT2D eigenvalue weighted by Gasteiger charge is 2.30. The molecule has 0 aliphatic carbocycles. The molecule has 3 N–H and O–H groups in total. The van der Waals surface area contributed by atoms with Crippen LogP contribution in [0.2, 0.25) is 0 Å². The van der Waals surface area contributed by atoms with E-state index >= 15 is 0 Å². The number of hydrogen-bond donors (Lipinski definition) is 3. The van der Waals surface area contributed by atoms with E-state index < -0.39 is 97.5 Å². The molecule has 0 spiro atoms. The molecule has 0 saturated heterocycles. The molecule has 0 rings (SSSR count). The predicted molar refractivity (Wildman–Crippen MR) is 435 cm³/mol. The number of phosphoric ester groups is 2. The van der Waals surface area contributed by atoms with Crippen LogP contribution in [0, 0.1) is 0 Å². The maximum Gasteiger partial charge on any atom is 0.472 e. The van der Waals surface area contributed by atoms with E-state index in [0.717, 1.165) is 173 Å². The first-order valence-electron chi connectivity index (χ1n) is 39.3. The van der Waals surface area contributed by atoms with Gasteiger partial charge in [-0.15, -0.1) is 0 Å². The molecule has 0 radical (unpaired) electrons. The van der Waals surface area contributed by atoms with Crippen molar-refractivity contribution in [1.82, 2.24) is 0 Å². The molecule has 5 atom stereocenters. The maximum absolute atomic E-state index is 13.1. The van der Waals surface area contributed by atoms with Gasteiger partial charge in [-0.2, -0.15) is 0 Å². The third-order valence-electron chi connectivity index (χ3n) is 15.3. The minimum absolute atomic E-state index is 0.0215. The summed E-state index contributed by atoms with van der Waals surface area (Å²) in [6.07, 6.45) is 95.7. The highest BCUT2D eigenvalue weighted by Crippen LogP contribution is 2.45. The number of phosphoric acid groups is 2. The van der Waals surface area contributed by atoms with Crippen LogP contribution in [0.25, 0.3) is 0 Å². The van der Waals surface area contributed by atoms with Crippen LogP contribution < -0.4 is 0 Å². The molecular formula is C87H136O17P2. The second-order valence-corrected chi connectivity index (χ2v) is 28.0. The highest BCUT2D eigenvalue weighted by atomic mass is 31.2. The van der Waals surface area contributed by atoms with Crippen molar-refractivity contribution in [3.8, 4) is 0 Å². The Bertz CT molecular complexity index is 2830. The van der Waals surface area contributed by atoms with Crippen molar-refractivity contribution in [3.05, 3.63) is 207 Å². The Morgan fingerprint density at radius 2 is 0.519 bits per heavy atom. The topological polar surface area (TPSA) is 237 Å². The molecule has 0 saturated carbocycles. The summed E-state index contributed by atoms with van der Waals surface area (Å²) in [7, 11) is -10.0. The Morgan fingerprint density at radius 3 is 0.849 bits per heavy atom. The Labute approximate surface area is 639 Å². The van der Waals surface area contributed by atoms with Gasteiger partial charge < -0.3 is 33.8 Å². The van der Waals surface area contributed by atoms with Crippen molar-refractivity contribution in [1.29, 1.82) is 0 Å². The molecule has 19 heteroatoms. The molecule has 0 aliphatic rings. The summed E-state index contributed by atoms with van der Waals surface area (Å²) in [4.78, 5) is 72.9. The quantitative estimate of drug-likeness (QED) is 0.0169. The summed E-state index contributed by atoms with van der Waals surface area (Å²) in [6, 6.07) is 0. The number of ether oxygens (including phenoxy) is 4. The van der Waals surface area contributed by atoms with Gasteiger partial charge in [0.2, 0.25) is 0 Å². The number of rotatable bonds is 71. The van der Waals surface area contributed by atoms with Gasteiger partial charge in [-0.1, -0.05) is 286 Å². The van der Waals surface area contributed by atoms with E-state index in [4.69, 9.17) is 37.0 Å². The molecule has 17 nitrogen and oxygen atoms in total. The number of allylic oxidation sites excluding steroid dienone is 33. The minimum Gasteiger partial charge on any atom is -0.462 e. The van der Waals surface area contributed by atoms with Crippen molar-refractivity contribution in [2.75, 3.05) is 39.6 Å². The average molecular weight is 1520 g/mol. The first kappa shape index (κ1) is 99.6. The second-order valence-electron chi connectivity index (χ2n) is 25.1. The third kappa shape index (κ3) is 75.9. The van der Waals surface area contributed by atoms with E-state index in [1.54, 1.807) is 12.2 Å². The Kier molecular flexibility index (Phi) is 72.2. The van der Waals surface area contributed by atoms with E-state index in [-0.39, 0.29) is 25.7 Å². The van der Waals surface area contributed by atoms with Crippen LogP contribution in [-0.4, -0.2) is 96.7 Å². The van der Waals surface area contributed by atoms with Gasteiger partial charge in [0, 0.05) is 19.3 Å². The SMILES string of the molecule is CC/C=C\C/C=C\C/C=C\C/C=C\C/C=C\C/C=C\CCC(=O)OCC(COP(=O)(O)OCC(O)COP(=O)(O)OCC(COC(=O)CCCCCCCCC/C=C\C/C=C\C/C=C\CC)OC(=O)C/C=C\C/C=C\C/C=C\C/C=C\C/C=C\CC)OC(=O)CCCCCCC/C=C\C/C=C\C/C=C\CC. The van der Waals surface area contributed by atoms with Crippen LogP contribution in [0.3, 0.4) is 0 Å². The normalized spacial score (nSPS) is 15.0. The lowest BCUT2D eigenvalue weighted by Gasteiger charge is -2.21. The largest absolute Gasteiger partial charge is 0.472 e. The maximum atomic E-state index is 13.1. The van der Waals surface area contributed by atoms with Crippen molar-refractivity contribution >= 4 is 39.5 Å². The van der Waals surface area contributed by atoms with Gasteiger partial charge in [-0.25, -0.2) is 9.13 Å². The first-order valence-corrected chi connectivity index (χ1v) is 42.3. The van der Waals surface area contributed by atoms with Gasteiger partial charge in [0.1, 0.15) is 19.3 Å². The Morgan fingerprint density at radius 1 is 0.274 bits per heavy atom. The molecule has 596 valence electrons. The standard InChI is InChI=1S/C87H136O17P2/c1-5-9-13-17-21-25-29-33-37-39-40-42-46-48-52-56-60-64-68-72-85(90)98-78-83(104-87(92)74-70-66-62-58-54-50-44-36-32-28-24-20-16-12-8-4)80-102-106(95,96)100-76-81(88)75-99-105(93,94)101-79-82(103-86(91)73-69-65-61-57-53-49-43-35-31-27-23-19-15-11-7-3)77-97-84(89)71-67-63-59-55-51-47-45-41-38-34-30-26-22-18-14-10-6-2/h9-16,21-28,33-38,40,42-44,48,52-53,57,60,64-65,69,81-83,88H,5-8,17-20,29-32,39,41,45-47,49-51,54-56,58-59,61-63,66-68,70-80H2,1-4H3,(H,93,94)(H,95,96)/b13-9-,14-10-,15-11-,16-12-,25-21-,26-22-,27-23-,28-24-,37-33-,38-34-,42-40-,43-35-,44-36-,52-48-,57-53-,64-60-,69-65-. The van der Waals surface area contributed by atoms with E-state index in [2.05, 4.69) is 192 Å². The molecule has 0 aliphatic heterocycles. The monoisotopic (exact) mass is 1510 g/mol. The van der Waals surface area contributed by atoms with Gasteiger partial charge in [0.15, 0.2) is 12.2 Å². The van der Waals surface area contributed by atoms with Crippen molar-refractivity contribution in [2.24, 2.45) is 0 Å². The molecular weight excluding hydrogens is 1380 g/mol. The van der Waals surface area contributed by atoms with Crippen LogP contribution >= 0.6 is 15.6 Å². The number of unbranched alkanes of at least 4 members (excludes halogenated alkanes) is 12. The summed E-state index contributed by atoms with van der Waals surface area (Å²) in [6.45, 7) is 4.15. The van der Waals surface area contributed by atoms with Crippen LogP contribution in [-0.2, 0) is 65.4 Å². The zero-order valence-electron chi connectivity index (χ0n) is 65.0. The van der Waals surface area contributed by atoms with E-state index in [0.29, 0.717) is 32.1 Å². The van der Waals surface area contributed by atoms with Crippen molar-refractivity contribution < 1.29 is 80.2 Å². The Hall–Kier alpha value is -6.36. The molecule has 0 amide bonds. The smallest absolute Gasteiger partial charge is 0.462 e. The molecule has 0 fully saturated rings. The molecule has 5 unspecified atom stereocenters. The lowest BCUT2D eigenvalue weighted by Crippen LogP contribution is -2.30. The van der Waals surface area contributed by atoms with Gasteiger partial charge in [0.25, 0.3) is 0 Å². The zero-order chi connectivity index (χ0) is 77.4. The van der Waals surface area contributed by atoms with Gasteiger partial charge in [0.05, 0.1) is 32.8 Å². The van der Waals surface area contributed by atoms with E-state index in [9.17, 15) is 43.2 Å². The number of carbonyl (C=O) groups excluding carboxylic acids is 4.